The van der Waals surface area contributed by atoms with Gasteiger partial charge in [0.1, 0.15) is 5.60 Å². The molecule has 0 aromatic carbocycles. The van der Waals surface area contributed by atoms with E-state index >= 15 is 0 Å². The zero-order valence-corrected chi connectivity index (χ0v) is 12.0. The Kier molecular flexibility index (Phi) is 3.99. The molecule has 1 rings (SSSR count). The summed E-state index contributed by atoms with van der Waals surface area (Å²) >= 11 is 0. The fraction of sp³-hybridized carbons (Fsp3) is 0.571. The van der Waals surface area contributed by atoms with E-state index in [1.807, 2.05) is 26.8 Å². The van der Waals surface area contributed by atoms with Gasteiger partial charge >= 0.3 is 6.09 Å². The predicted molar refractivity (Wildman–Crippen MR) is 72.8 cm³/mol. The lowest BCUT2D eigenvalue weighted by atomic mass is 9.86. The molecule has 0 aliphatic heterocycles. The van der Waals surface area contributed by atoms with Crippen LogP contribution in [0.4, 0.5) is 10.5 Å². The summed E-state index contributed by atoms with van der Waals surface area (Å²) in [4.78, 5) is 15.8. The first-order chi connectivity index (χ1) is 8.09. The molecule has 1 aromatic rings. The van der Waals surface area contributed by atoms with Gasteiger partial charge in [0.25, 0.3) is 0 Å². The fourth-order valence-corrected chi connectivity index (χ4v) is 1.56. The number of hydrogen-bond acceptors (Lipinski definition) is 3. The first-order valence-electron chi connectivity index (χ1n) is 6.04. The van der Waals surface area contributed by atoms with Gasteiger partial charge in [0.05, 0.1) is 11.9 Å². The first-order valence-corrected chi connectivity index (χ1v) is 6.04. The zero-order chi connectivity index (χ0) is 14.0. The Labute approximate surface area is 109 Å². The topological polar surface area (TPSA) is 51.2 Å². The minimum absolute atomic E-state index is 0.0622. The van der Waals surface area contributed by atoms with E-state index in [2.05, 4.69) is 31.1 Å². The summed E-state index contributed by atoms with van der Waals surface area (Å²) in [5.74, 6) is 0. The quantitative estimate of drug-likeness (QED) is 0.826. The number of rotatable bonds is 1. The van der Waals surface area contributed by atoms with E-state index in [0.29, 0.717) is 5.69 Å². The van der Waals surface area contributed by atoms with Crippen LogP contribution in [0.25, 0.3) is 0 Å². The van der Waals surface area contributed by atoms with Crippen LogP contribution < -0.4 is 5.32 Å². The smallest absolute Gasteiger partial charge is 0.412 e. The number of amides is 1. The van der Waals surface area contributed by atoms with Gasteiger partial charge < -0.3 is 4.74 Å². The van der Waals surface area contributed by atoms with Crippen LogP contribution in [0.1, 0.15) is 47.1 Å². The van der Waals surface area contributed by atoms with Crippen molar-refractivity contribution in [3.63, 3.8) is 0 Å². The maximum Gasteiger partial charge on any atom is 0.412 e. The molecular weight excluding hydrogens is 228 g/mol. The van der Waals surface area contributed by atoms with Crippen molar-refractivity contribution in [3.8, 4) is 0 Å². The number of hydrogen-bond donors (Lipinski definition) is 1. The molecule has 1 amide bonds. The van der Waals surface area contributed by atoms with Crippen molar-refractivity contribution >= 4 is 11.8 Å². The lowest BCUT2D eigenvalue weighted by Gasteiger charge is -2.24. The number of nitrogens with zero attached hydrogens (tertiary/aromatic N) is 1. The highest BCUT2D eigenvalue weighted by Gasteiger charge is 2.21. The van der Waals surface area contributed by atoms with E-state index in [0.717, 1.165) is 5.56 Å². The van der Waals surface area contributed by atoms with Crippen molar-refractivity contribution in [2.24, 2.45) is 0 Å². The molecule has 0 saturated carbocycles. The molecule has 0 spiro atoms. The van der Waals surface area contributed by atoms with E-state index in [9.17, 15) is 4.79 Å². The molecule has 1 N–H and O–H groups in total. The average molecular weight is 250 g/mol. The molecule has 4 nitrogen and oxygen atoms in total. The summed E-state index contributed by atoms with van der Waals surface area (Å²) in [6.07, 6.45) is 2.91. The molecule has 0 radical (unpaired) electrons. The number of pyridine rings is 1. The molecule has 0 atom stereocenters. The molecule has 100 valence electrons. The summed E-state index contributed by atoms with van der Waals surface area (Å²) < 4.78 is 5.23. The number of nitrogens with one attached hydrogen (secondary N) is 1. The molecule has 0 aliphatic carbocycles. The lowest BCUT2D eigenvalue weighted by Crippen LogP contribution is -2.28. The summed E-state index contributed by atoms with van der Waals surface area (Å²) in [6.45, 7) is 11.8. The minimum atomic E-state index is -0.506. The van der Waals surface area contributed by atoms with Gasteiger partial charge in [0, 0.05) is 6.20 Å². The monoisotopic (exact) mass is 250 g/mol. The van der Waals surface area contributed by atoms with Gasteiger partial charge in [-0.1, -0.05) is 20.8 Å². The van der Waals surface area contributed by atoms with E-state index < -0.39 is 11.7 Å². The summed E-state index contributed by atoms with van der Waals surface area (Å²) in [7, 11) is 0. The van der Waals surface area contributed by atoms with Crippen molar-refractivity contribution in [3.05, 3.63) is 24.0 Å². The Morgan fingerprint density at radius 2 is 1.83 bits per heavy atom. The molecule has 0 fully saturated rings. The van der Waals surface area contributed by atoms with Crippen LogP contribution in [0.3, 0.4) is 0 Å². The summed E-state index contributed by atoms with van der Waals surface area (Å²) in [6, 6.07) is 1.91. The Balaban J connectivity index is 2.89. The molecule has 0 saturated heterocycles. The van der Waals surface area contributed by atoms with E-state index in [1.54, 1.807) is 12.4 Å². The van der Waals surface area contributed by atoms with Gasteiger partial charge in [-0.3, -0.25) is 10.3 Å². The molecule has 1 aromatic heterocycles. The van der Waals surface area contributed by atoms with Crippen LogP contribution >= 0.6 is 0 Å². The van der Waals surface area contributed by atoms with Crippen LogP contribution in [0.5, 0.6) is 0 Å². The lowest BCUT2D eigenvalue weighted by molar-refractivity contribution is 0.0635. The number of aromatic nitrogens is 1. The standard InChI is InChI=1S/C14H22N2O2/c1-13(2,3)10-7-8-15-9-11(10)16-12(17)18-14(4,5)6/h7-9H,1-6H3,(H,16,17). The third-order valence-corrected chi connectivity index (χ3v) is 2.26. The van der Waals surface area contributed by atoms with Crippen molar-refractivity contribution < 1.29 is 9.53 Å². The van der Waals surface area contributed by atoms with Crippen LogP contribution in [0.15, 0.2) is 18.5 Å². The van der Waals surface area contributed by atoms with Crippen LogP contribution in [0, 0.1) is 0 Å². The predicted octanol–water partition coefficient (Wildman–Crippen LogP) is 3.73. The van der Waals surface area contributed by atoms with Gasteiger partial charge in [-0.05, 0) is 37.8 Å². The van der Waals surface area contributed by atoms with E-state index in [1.165, 1.54) is 0 Å². The van der Waals surface area contributed by atoms with Gasteiger partial charge in [0.2, 0.25) is 0 Å². The van der Waals surface area contributed by atoms with Gasteiger partial charge in [-0.15, -0.1) is 0 Å². The maximum absolute atomic E-state index is 11.7. The Bertz CT molecular complexity index is 428. The fourth-order valence-electron chi connectivity index (χ4n) is 1.56. The molecule has 0 unspecified atom stereocenters. The number of anilines is 1. The van der Waals surface area contributed by atoms with Crippen LogP contribution in [0.2, 0.25) is 0 Å². The van der Waals surface area contributed by atoms with E-state index in [-0.39, 0.29) is 5.41 Å². The normalized spacial score (nSPS) is 12.1. The highest BCUT2D eigenvalue weighted by molar-refractivity contribution is 5.86. The third kappa shape index (κ3) is 4.35. The Hall–Kier alpha value is -1.58. The Morgan fingerprint density at radius 1 is 1.22 bits per heavy atom. The second-order valence-electron chi connectivity index (χ2n) is 6.30. The van der Waals surface area contributed by atoms with Crippen LogP contribution in [-0.2, 0) is 10.2 Å². The van der Waals surface area contributed by atoms with Crippen molar-refractivity contribution in [2.45, 2.75) is 52.6 Å². The highest BCUT2D eigenvalue weighted by Crippen LogP contribution is 2.28. The van der Waals surface area contributed by atoms with Crippen molar-refractivity contribution in [1.82, 2.24) is 4.98 Å². The molecule has 18 heavy (non-hydrogen) atoms. The second-order valence-corrected chi connectivity index (χ2v) is 6.30. The zero-order valence-electron chi connectivity index (χ0n) is 12.0. The molecular formula is C14H22N2O2. The largest absolute Gasteiger partial charge is 0.444 e. The number of carbonyl (C=O) groups is 1. The SMILES string of the molecule is CC(C)(C)OC(=O)Nc1cnccc1C(C)(C)C. The number of carbonyl (C=O) groups excluding carboxylic acids is 1. The summed E-state index contributed by atoms with van der Waals surface area (Å²) in [5.41, 5.74) is 1.16. The first kappa shape index (κ1) is 14.5. The maximum atomic E-state index is 11.7. The average Bonchev–Trinajstić information content (AvgIpc) is 2.13. The second kappa shape index (κ2) is 4.96. The van der Waals surface area contributed by atoms with Crippen molar-refractivity contribution in [2.75, 3.05) is 5.32 Å². The van der Waals surface area contributed by atoms with Gasteiger partial charge in [-0.25, -0.2) is 4.79 Å². The molecule has 1 heterocycles. The number of ether oxygens (including phenoxy) is 1. The van der Waals surface area contributed by atoms with Crippen molar-refractivity contribution in [1.29, 1.82) is 0 Å². The van der Waals surface area contributed by atoms with Crippen LogP contribution in [-0.4, -0.2) is 16.7 Å². The Morgan fingerprint density at radius 3 is 2.33 bits per heavy atom. The molecule has 0 aliphatic rings. The van der Waals surface area contributed by atoms with Gasteiger partial charge in [-0.2, -0.15) is 0 Å². The minimum Gasteiger partial charge on any atom is -0.444 e. The van der Waals surface area contributed by atoms with E-state index in [4.69, 9.17) is 4.74 Å². The molecule has 4 heteroatoms. The highest BCUT2D eigenvalue weighted by atomic mass is 16.6. The third-order valence-electron chi connectivity index (χ3n) is 2.26. The van der Waals surface area contributed by atoms with Gasteiger partial charge in [0.15, 0.2) is 0 Å². The molecule has 0 bridgehead atoms. The summed E-state index contributed by atoms with van der Waals surface area (Å²) in [5, 5.41) is 2.75.